The Morgan fingerprint density at radius 2 is 2.24 bits per heavy atom. The highest BCUT2D eigenvalue weighted by molar-refractivity contribution is 7.93. The van der Waals surface area contributed by atoms with Crippen LogP contribution in [-0.4, -0.2) is 29.7 Å². The van der Waals surface area contributed by atoms with Crippen molar-refractivity contribution in [2.75, 3.05) is 11.3 Å². The minimum Gasteiger partial charge on any atom is -0.395 e. The normalized spacial score (nSPS) is 10.8. The minimum absolute atomic E-state index is 0.0712. The summed E-state index contributed by atoms with van der Waals surface area (Å²) >= 11 is 0.874. The lowest BCUT2D eigenvalue weighted by Crippen LogP contribution is -2.12. The Hall–Kier alpha value is -2.02. The van der Waals surface area contributed by atoms with Crippen molar-refractivity contribution in [3.05, 3.63) is 35.8 Å². The third-order valence-electron chi connectivity index (χ3n) is 2.31. The molecule has 0 bridgehead atoms. The first-order chi connectivity index (χ1) is 10.0. The zero-order chi connectivity index (χ0) is 15.3. The van der Waals surface area contributed by atoms with E-state index in [1.807, 2.05) is 0 Å². The second-order valence-corrected chi connectivity index (χ2v) is 6.27. The summed E-state index contributed by atoms with van der Waals surface area (Å²) in [5.74, 6) is 4.34. The van der Waals surface area contributed by atoms with Crippen molar-refractivity contribution >= 4 is 26.6 Å². The average molecular weight is 327 g/mol. The summed E-state index contributed by atoms with van der Waals surface area (Å²) in [5, 5.41) is 12.3. The van der Waals surface area contributed by atoms with Gasteiger partial charge < -0.3 is 5.11 Å². The van der Waals surface area contributed by atoms with Gasteiger partial charge in [0.2, 0.25) is 0 Å². The van der Waals surface area contributed by atoms with Crippen LogP contribution < -0.4 is 4.72 Å². The quantitative estimate of drug-likeness (QED) is 0.824. The molecule has 9 heteroatoms. The molecule has 0 radical (unpaired) electrons. The number of anilines is 1. The van der Waals surface area contributed by atoms with Crippen LogP contribution in [0.3, 0.4) is 0 Å². The molecule has 0 saturated heterocycles. The molecule has 2 rings (SSSR count). The van der Waals surface area contributed by atoms with Crippen LogP contribution in [0.5, 0.6) is 0 Å². The van der Waals surface area contributed by atoms with Gasteiger partial charge >= 0.3 is 0 Å². The standard InChI is InChI=1S/C12H10FN3O3S2/c13-11-7-10(5-4-9(11)3-1-2-6-17)21(18,19)15-12-8-14-16-20-12/h4-5,7-8,15,17H,2,6H2. The molecule has 0 amide bonds. The van der Waals surface area contributed by atoms with Gasteiger partial charge in [-0.25, -0.2) is 12.8 Å². The Morgan fingerprint density at radius 3 is 2.86 bits per heavy atom. The molecule has 1 aromatic heterocycles. The van der Waals surface area contributed by atoms with Crippen LogP contribution in [0.1, 0.15) is 12.0 Å². The lowest BCUT2D eigenvalue weighted by molar-refractivity contribution is 0.305. The van der Waals surface area contributed by atoms with Crippen LogP contribution in [-0.2, 0) is 10.0 Å². The maximum absolute atomic E-state index is 13.8. The van der Waals surface area contributed by atoms with Crippen LogP contribution >= 0.6 is 11.5 Å². The molecule has 0 aliphatic heterocycles. The molecule has 0 unspecified atom stereocenters. The zero-order valence-corrected chi connectivity index (χ0v) is 12.2. The predicted molar refractivity (Wildman–Crippen MR) is 75.7 cm³/mol. The molecule has 1 aromatic carbocycles. The summed E-state index contributed by atoms with van der Waals surface area (Å²) < 4.78 is 43.6. The molecule has 0 aliphatic carbocycles. The first kappa shape index (κ1) is 15.4. The maximum Gasteiger partial charge on any atom is 0.262 e. The van der Waals surface area contributed by atoms with Gasteiger partial charge in [0.1, 0.15) is 10.8 Å². The van der Waals surface area contributed by atoms with E-state index in [0.29, 0.717) is 0 Å². The third-order valence-corrected chi connectivity index (χ3v) is 4.38. The van der Waals surface area contributed by atoms with E-state index in [0.717, 1.165) is 17.6 Å². The van der Waals surface area contributed by atoms with Crippen molar-refractivity contribution in [2.24, 2.45) is 0 Å². The van der Waals surface area contributed by atoms with Crippen molar-refractivity contribution in [3.8, 4) is 11.8 Å². The fourth-order valence-corrected chi connectivity index (χ4v) is 3.08. The van der Waals surface area contributed by atoms with Crippen LogP contribution in [0.2, 0.25) is 0 Å². The van der Waals surface area contributed by atoms with Crippen molar-refractivity contribution in [1.82, 2.24) is 9.59 Å². The SMILES string of the molecule is O=S(=O)(Nc1cnns1)c1ccc(C#CCCO)c(F)c1. The second kappa shape index (κ2) is 6.62. The van der Waals surface area contributed by atoms with Gasteiger partial charge in [0, 0.05) is 18.0 Å². The van der Waals surface area contributed by atoms with Crippen molar-refractivity contribution in [1.29, 1.82) is 0 Å². The van der Waals surface area contributed by atoms with Gasteiger partial charge in [0.25, 0.3) is 10.0 Å². The van der Waals surface area contributed by atoms with Crippen LogP contribution in [0.4, 0.5) is 9.39 Å². The van der Waals surface area contributed by atoms with Gasteiger partial charge in [0.15, 0.2) is 0 Å². The highest BCUT2D eigenvalue weighted by Gasteiger charge is 2.17. The summed E-state index contributed by atoms with van der Waals surface area (Å²) in [5.41, 5.74) is 0.0712. The average Bonchev–Trinajstić information content (AvgIpc) is 2.93. The van der Waals surface area contributed by atoms with Crippen LogP contribution in [0.15, 0.2) is 29.3 Å². The van der Waals surface area contributed by atoms with Crippen molar-refractivity contribution in [2.45, 2.75) is 11.3 Å². The van der Waals surface area contributed by atoms with E-state index in [4.69, 9.17) is 5.11 Å². The molecule has 2 aromatic rings. The maximum atomic E-state index is 13.8. The largest absolute Gasteiger partial charge is 0.395 e. The van der Waals surface area contributed by atoms with Gasteiger partial charge in [-0.2, -0.15) is 0 Å². The van der Waals surface area contributed by atoms with Crippen LogP contribution in [0.25, 0.3) is 0 Å². The number of rotatable bonds is 4. The van der Waals surface area contributed by atoms with Gasteiger partial charge in [0.05, 0.1) is 23.3 Å². The Kier molecular flexibility index (Phi) is 4.85. The molecule has 0 fully saturated rings. The number of benzene rings is 1. The van der Waals surface area contributed by atoms with E-state index < -0.39 is 15.8 Å². The summed E-state index contributed by atoms with van der Waals surface area (Å²) in [6.45, 7) is -0.117. The molecule has 0 aliphatic rings. The first-order valence-electron chi connectivity index (χ1n) is 5.72. The molecule has 1 heterocycles. The zero-order valence-electron chi connectivity index (χ0n) is 10.6. The van der Waals surface area contributed by atoms with Crippen LogP contribution in [0, 0.1) is 17.7 Å². The number of sulfonamides is 1. The van der Waals surface area contributed by atoms with E-state index in [1.165, 1.54) is 18.3 Å². The van der Waals surface area contributed by atoms with Gasteiger partial charge in [-0.3, -0.25) is 4.72 Å². The summed E-state index contributed by atoms with van der Waals surface area (Å²) in [6, 6.07) is 3.42. The smallest absolute Gasteiger partial charge is 0.262 e. The van der Waals surface area contributed by atoms with Gasteiger partial charge in [-0.15, -0.1) is 5.10 Å². The Bertz CT molecular complexity index is 780. The molecule has 2 N–H and O–H groups in total. The van der Waals surface area contributed by atoms with Crippen molar-refractivity contribution < 1.29 is 17.9 Å². The molecule has 6 nitrogen and oxygen atoms in total. The molecule has 0 saturated carbocycles. The Balaban J connectivity index is 2.25. The highest BCUT2D eigenvalue weighted by atomic mass is 32.2. The fraction of sp³-hybridized carbons (Fsp3) is 0.167. The Morgan fingerprint density at radius 1 is 1.43 bits per heavy atom. The lowest BCUT2D eigenvalue weighted by atomic mass is 10.2. The first-order valence-corrected chi connectivity index (χ1v) is 7.98. The number of nitrogens with one attached hydrogen (secondary N) is 1. The minimum atomic E-state index is -3.90. The summed E-state index contributed by atoms with van der Waals surface area (Å²) in [7, 11) is -3.90. The molecular formula is C12H10FN3O3S2. The summed E-state index contributed by atoms with van der Waals surface area (Å²) in [6.07, 6.45) is 1.48. The number of hydrogen-bond acceptors (Lipinski definition) is 6. The van der Waals surface area contributed by atoms with E-state index in [9.17, 15) is 12.8 Å². The molecular weight excluding hydrogens is 317 g/mol. The third kappa shape index (κ3) is 3.98. The number of aliphatic hydroxyl groups excluding tert-OH is 1. The number of aromatic nitrogens is 2. The van der Waals surface area contributed by atoms with Gasteiger partial charge in [-0.05, 0) is 18.2 Å². The van der Waals surface area contributed by atoms with E-state index in [2.05, 4.69) is 26.1 Å². The number of nitrogens with zero attached hydrogens (tertiary/aromatic N) is 2. The Labute approximate surface area is 124 Å². The van der Waals surface area contributed by atoms with E-state index >= 15 is 0 Å². The molecule has 110 valence electrons. The fourth-order valence-electron chi connectivity index (χ4n) is 1.38. The lowest BCUT2D eigenvalue weighted by Gasteiger charge is -2.05. The highest BCUT2D eigenvalue weighted by Crippen LogP contribution is 2.19. The number of hydrogen-bond donors (Lipinski definition) is 2. The predicted octanol–water partition coefficient (Wildman–Crippen LogP) is 1.21. The molecule has 0 atom stereocenters. The van der Waals surface area contributed by atoms with E-state index in [1.54, 1.807) is 0 Å². The molecule has 21 heavy (non-hydrogen) atoms. The topological polar surface area (TPSA) is 92.2 Å². The second-order valence-electron chi connectivity index (χ2n) is 3.80. The number of aliphatic hydroxyl groups is 1. The molecule has 0 spiro atoms. The summed E-state index contributed by atoms with van der Waals surface area (Å²) in [4.78, 5) is -0.221. The monoisotopic (exact) mass is 327 g/mol. The number of halogens is 1. The van der Waals surface area contributed by atoms with E-state index in [-0.39, 0.29) is 28.5 Å². The van der Waals surface area contributed by atoms with Gasteiger partial charge in [-0.1, -0.05) is 16.3 Å². The van der Waals surface area contributed by atoms with Crippen molar-refractivity contribution in [3.63, 3.8) is 0 Å².